The van der Waals surface area contributed by atoms with Crippen LogP contribution in [-0.2, 0) is 11.2 Å². The number of carbonyl (C=O) groups is 1. The topological polar surface area (TPSA) is 67.8 Å². The summed E-state index contributed by atoms with van der Waals surface area (Å²) in [7, 11) is 0. The lowest BCUT2D eigenvalue weighted by Gasteiger charge is -2.10. The first kappa shape index (κ1) is 15.8. The summed E-state index contributed by atoms with van der Waals surface area (Å²) in [5.74, 6) is 0.0196. The molecule has 23 heavy (non-hydrogen) atoms. The second kappa shape index (κ2) is 7.43. The van der Waals surface area contributed by atoms with Crippen LogP contribution in [0.3, 0.4) is 0 Å². The third kappa shape index (κ3) is 4.20. The smallest absolute Gasteiger partial charge is 0.220 e. The Labute approximate surface area is 142 Å². The van der Waals surface area contributed by atoms with Gasteiger partial charge in [0.15, 0.2) is 0 Å². The van der Waals surface area contributed by atoms with Crippen molar-refractivity contribution in [2.45, 2.75) is 25.8 Å². The molecule has 0 aliphatic rings. The molecule has 0 fully saturated rings. The average Bonchev–Trinajstić information content (AvgIpc) is 3.25. The van der Waals surface area contributed by atoms with Gasteiger partial charge in [0.2, 0.25) is 5.91 Å². The quantitative estimate of drug-likeness (QED) is 0.743. The van der Waals surface area contributed by atoms with Crippen LogP contribution in [0.4, 0.5) is 0 Å². The highest BCUT2D eigenvalue weighted by atomic mass is 32.1. The first-order chi connectivity index (χ1) is 11.2. The molecule has 1 amide bonds. The van der Waals surface area contributed by atoms with E-state index in [1.807, 2.05) is 29.8 Å². The van der Waals surface area contributed by atoms with E-state index in [2.05, 4.69) is 20.3 Å². The Balaban J connectivity index is 1.57. The molecule has 5 nitrogen and oxygen atoms in total. The van der Waals surface area contributed by atoms with Crippen molar-refractivity contribution in [3.8, 4) is 11.3 Å². The number of pyridine rings is 1. The van der Waals surface area contributed by atoms with Gasteiger partial charge in [-0.3, -0.25) is 9.78 Å². The fourth-order valence-corrected chi connectivity index (χ4v) is 3.55. The minimum atomic E-state index is -0.0986. The molecule has 7 heteroatoms. The van der Waals surface area contributed by atoms with Crippen LogP contribution in [0.5, 0.6) is 0 Å². The number of aromatic nitrogens is 3. The van der Waals surface area contributed by atoms with Crippen molar-refractivity contribution in [1.29, 1.82) is 0 Å². The predicted molar refractivity (Wildman–Crippen MR) is 92.3 cm³/mol. The lowest BCUT2D eigenvalue weighted by molar-refractivity contribution is -0.121. The van der Waals surface area contributed by atoms with E-state index in [0.29, 0.717) is 12.8 Å². The van der Waals surface area contributed by atoms with Gasteiger partial charge in [0.25, 0.3) is 0 Å². The molecule has 3 heterocycles. The first-order valence-corrected chi connectivity index (χ1v) is 9.07. The molecule has 0 aliphatic heterocycles. The molecule has 0 radical (unpaired) electrons. The van der Waals surface area contributed by atoms with E-state index >= 15 is 0 Å². The Morgan fingerprint density at radius 3 is 2.87 bits per heavy atom. The normalized spacial score (nSPS) is 12.0. The molecular formula is C16H16N4OS2. The molecule has 0 saturated carbocycles. The SMILES string of the molecule is C[C@H](NC(=O)CCc1cscn1)c1nc(-c2ccncc2)cs1. The van der Waals surface area contributed by atoms with Gasteiger partial charge in [-0.1, -0.05) is 0 Å². The molecule has 118 valence electrons. The predicted octanol–water partition coefficient (Wildman–Crippen LogP) is 3.47. The highest BCUT2D eigenvalue weighted by Crippen LogP contribution is 2.25. The van der Waals surface area contributed by atoms with E-state index in [1.165, 1.54) is 0 Å². The van der Waals surface area contributed by atoms with Crippen molar-refractivity contribution in [3.05, 3.63) is 51.5 Å². The summed E-state index contributed by atoms with van der Waals surface area (Å²) in [6.07, 6.45) is 4.61. The molecule has 1 atom stereocenters. The maximum atomic E-state index is 12.0. The minimum absolute atomic E-state index is 0.0196. The van der Waals surface area contributed by atoms with E-state index in [0.717, 1.165) is 22.0 Å². The number of thiazole rings is 2. The van der Waals surface area contributed by atoms with Crippen LogP contribution < -0.4 is 5.32 Å². The van der Waals surface area contributed by atoms with Crippen molar-refractivity contribution < 1.29 is 4.79 Å². The molecule has 0 spiro atoms. The van der Waals surface area contributed by atoms with Crippen LogP contribution in [0.2, 0.25) is 0 Å². The second-order valence-corrected chi connectivity index (χ2v) is 6.68. The Kier molecular flexibility index (Phi) is 5.09. The van der Waals surface area contributed by atoms with Crippen LogP contribution in [-0.4, -0.2) is 20.9 Å². The van der Waals surface area contributed by atoms with Gasteiger partial charge in [-0.25, -0.2) is 9.97 Å². The van der Waals surface area contributed by atoms with Gasteiger partial charge in [-0.15, -0.1) is 22.7 Å². The van der Waals surface area contributed by atoms with Crippen LogP contribution in [0.25, 0.3) is 11.3 Å². The summed E-state index contributed by atoms with van der Waals surface area (Å²) < 4.78 is 0. The lowest BCUT2D eigenvalue weighted by Crippen LogP contribution is -2.26. The van der Waals surface area contributed by atoms with Gasteiger partial charge in [0.1, 0.15) is 5.01 Å². The van der Waals surface area contributed by atoms with Crippen molar-refractivity contribution in [2.75, 3.05) is 0 Å². The van der Waals surface area contributed by atoms with Gasteiger partial charge in [0, 0.05) is 35.1 Å². The van der Waals surface area contributed by atoms with E-state index < -0.39 is 0 Å². The van der Waals surface area contributed by atoms with Gasteiger partial charge in [0.05, 0.1) is 22.9 Å². The summed E-state index contributed by atoms with van der Waals surface area (Å²) in [4.78, 5) is 24.8. The van der Waals surface area contributed by atoms with Crippen LogP contribution in [0.15, 0.2) is 40.8 Å². The lowest BCUT2D eigenvalue weighted by atomic mass is 10.2. The first-order valence-electron chi connectivity index (χ1n) is 7.24. The summed E-state index contributed by atoms with van der Waals surface area (Å²) in [6, 6.07) is 3.75. The Bertz CT molecular complexity index is 756. The molecule has 0 saturated heterocycles. The number of nitrogens with one attached hydrogen (secondary N) is 1. The average molecular weight is 344 g/mol. The highest BCUT2D eigenvalue weighted by Gasteiger charge is 2.14. The standard InChI is InChI=1S/C16H16N4OS2/c1-11(19-15(21)3-2-13-8-22-10-18-13)16-20-14(9-23-16)12-4-6-17-7-5-12/h4-11H,2-3H2,1H3,(H,19,21)/t11-/m0/s1. The van der Waals surface area contributed by atoms with E-state index in [-0.39, 0.29) is 11.9 Å². The molecule has 3 aromatic heterocycles. The summed E-state index contributed by atoms with van der Waals surface area (Å²) in [5, 5.41) is 7.87. The molecule has 0 aliphatic carbocycles. The third-order valence-corrected chi connectivity index (χ3v) is 5.00. The maximum Gasteiger partial charge on any atom is 0.220 e. The largest absolute Gasteiger partial charge is 0.347 e. The van der Waals surface area contributed by atoms with Crippen molar-refractivity contribution in [1.82, 2.24) is 20.3 Å². The van der Waals surface area contributed by atoms with Crippen LogP contribution in [0.1, 0.15) is 30.1 Å². The van der Waals surface area contributed by atoms with Gasteiger partial charge in [-0.2, -0.15) is 0 Å². The number of hydrogen-bond donors (Lipinski definition) is 1. The molecule has 0 aromatic carbocycles. The fraction of sp³-hybridized carbons (Fsp3) is 0.250. The van der Waals surface area contributed by atoms with Crippen molar-refractivity contribution >= 4 is 28.6 Å². The number of aryl methyl sites for hydroxylation is 1. The summed E-state index contributed by atoms with van der Waals surface area (Å²) in [5.41, 5.74) is 4.69. The summed E-state index contributed by atoms with van der Waals surface area (Å²) in [6.45, 7) is 1.95. The Hall–Kier alpha value is -2.12. The van der Waals surface area contributed by atoms with Gasteiger partial charge < -0.3 is 5.32 Å². The van der Waals surface area contributed by atoms with E-state index in [9.17, 15) is 4.79 Å². The maximum absolute atomic E-state index is 12.0. The van der Waals surface area contributed by atoms with Gasteiger partial charge >= 0.3 is 0 Å². The summed E-state index contributed by atoms with van der Waals surface area (Å²) >= 11 is 3.10. The molecule has 1 N–H and O–H groups in total. The highest BCUT2D eigenvalue weighted by molar-refractivity contribution is 7.10. The second-order valence-electron chi connectivity index (χ2n) is 5.08. The van der Waals surface area contributed by atoms with E-state index in [1.54, 1.807) is 40.6 Å². The number of carbonyl (C=O) groups excluding carboxylic acids is 1. The number of rotatable bonds is 6. The number of amides is 1. The zero-order valence-corrected chi connectivity index (χ0v) is 14.2. The number of hydrogen-bond acceptors (Lipinski definition) is 6. The van der Waals surface area contributed by atoms with Crippen molar-refractivity contribution in [2.24, 2.45) is 0 Å². The molecular weight excluding hydrogens is 328 g/mol. The van der Waals surface area contributed by atoms with E-state index in [4.69, 9.17) is 0 Å². The van der Waals surface area contributed by atoms with Crippen LogP contribution in [0, 0.1) is 0 Å². The minimum Gasteiger partial charge on any atom is -0.347 e. The molecule has 3 aromatic rings. The Morgan fingerprint density at radius 2 is 2.13 bits per heavy atom. The third-order valence-electron chi connectivity index (χ3n) is 3.34. The van der Waals surface area contributed by atoms with Crippen molar-refractivity contribution in [3.63, 3.8) is 0 Å². The fourth-order valence-electron chi connectivity index (χ4n) is 2.12. The zero-order valence-electron chi connectivity index (χ0n) is 12.6. The molecule has 0 bridgehead atoms. The number of nitrogens with zero attached hydrogens (tertiary/aromatic N) is 3. The molecule has 3 rings (SSSR count). The van der Waals surface area contributed by atoms with Gasteiger partial charge in [-0.05, 0) is 25.5 Å². The van der Waals surface area contributed by atoms with Crippen LogP contribution >= 0.6 is 22.7 Å². The monoisotopic (exact) mass is 344 g/mol. The Morgan fingerprint density at radius 1 is 1.30 bits per heavy atom. The zero-order chi connectivity index (χ0) is 16.1. The molecule has 0 unspecified atom stereocenters.